The number of carbonyl (C=O) groups excluding carboxylic acids is 3. The highest BCUT2D eigenvalue weighted by atomic mass is 16.1. The second-order valence-corrected chi connectivity index (χ2v) is 9.79. The fourth-order valence-corrected chi connectivity index (χ4v) is 4.26. The molecule has 0 saturated heterocycles. The van der Waals surface area contributed by atoms with Crippen LogP contribution >= 0.6 is 0 Å². The van der Waals surface area contributed by atoms with E-state index < -0.39 is 0 Å². The summed E-state index contributed by atoms with van der Waals surface area (Å²) >= 11 is 0. The molecule has 0 aliphatic heterocycles. The van der Waals surface area contributed by atoms with Crippen LogP contribution in [0.2, 0.25) is 0 Å². The number of nitrogens with zero attached hydrogens (tertiary/aromatic N) is 3. The van der Waals surface area contributed by atoms with E-state index in [1.807, 2.05) is 36.4 Å². The van der Waals surface area contributed by atoms with Crippen LogP contribution < -0.4 is 0 Å². The van der Waals surface area contributed by atoms with Crippen molar-refractivity contribution in [2.75, 3.05) is 0 Å². The highest BCUT2D eigenvalue weighted by Crippen LogP contribution is 2.36. The summed E-state index contributed by atoms with van der Waals surface area (Å²) in [6.07, 6.45) is 6.21. The molecule has 0 aromatic heterocycles. The Hall–Kier alpha value is -4.20. The first-order valence-corrected chi connectivity index (χ1v) is 11.2. The first-order valence-electron chi connectivity index (χ1n) is 11.2. The highest BCUT2D eigenvalue weighted by molar-refractivity contribution is 5.57. The van der Waals surface area contributed by atoms with E-state index in [4.69, 9.17) is 0 Å². The van der Waals surface area contributed by atoms with Crippen LogP contribution in [0.5, 0.6) is 0 Å². The van der Waals surface area contributed by atoms with Gasteiger partial charge in [-0.2, -0.15) is 15.0 Å². The minimum absolute atomic E-state index is 0.231. The van der Waals surface area contributed by atoms with Crippen molar-refractivity contribution in [2.24, 2.45) is 15.0 Å². The molecule has 0 saturated carbocycles. The molecule has 0 amide bonds. The number of benzene rings is 3. The van der Waals surface area contributed by atoms with E-state index in [1.54, 1.807) is 42.5 Å². The highest BCUT2D eigenvalue weighted by Gasteiger charge is 2.26. The molecule has 0 aliphatic rings. The lowest BCUT2D eigenvalue weighted by Crippen LogP contribution is -2.22. The molecule has 0 bridgehead atoms. The molecular formula is C29H27N3O3. The van der Waals surface area contributed by atoms with Crippen LogP contribution in [0.1, 0.15) is 49.9 Å². The maximum atomic E-state index is 11.2. The van der Waals surface area contributed by atoms with E-state index in [0.29, 0.717) is 23.5 Å². The number of rotatable bonds is 9. The first kappa shape index (κ1) is 25.4. The zero-order valence-electron chi connectivity index (χ0n) is 20.3. The van der Waals surface area contributed by atoms with Gasteiger partial charge in [-0.05, 0) is 76.3 Å². The van der Waals surface area contributed by atoms with Gasteiger partial charge in [0.05, 0.1) is 17.1 Å². The van der Waals surface area contributed by atoms with Crippen molar-refractivity contribution in [3.63, 3.8) is 0 Å². The molecule has 0 unspecified atom stereocenters. The lowest BCUT2D eigenvalue weighted by atomic mass is 9.76. The quantitative estimate of drug-likeness (QED) is 0.262. The van der Waals surface area contributed by atoms with Crippen molar-refractivity contribution in [3.8, 4) is 0 Å². The van der Waals surface area contributed by atoms with Gasteiger partial charge in [0.15, 0.2) is 0 Å². The molecule has 0 N–H and O–H groups in total. The summed E-state index contributed by atoms with van der Waals surface area (Å²) in [6.45, 7) is 8.52. The third-order valence-corrected chi connectivity index (χ3v) is 6.25. The van der Waals surface area contributed by atoms with Crippen LogP contribution in [0.15, 0.2) is 81.7 Å². The van der Waals surface area contributed by atoms with Crippen molar-refractivity contribution >= 4 is 35.3 Å². The van der Waals surface area contributed by atoms with Crippen LogP contribution in [-0.4, -0.2) is 18.2 Å². The maximum Gasteiger partial charge on any atom is 0.240 e. The summed E-state index contributed by atoms with van der Waals surface area (Å²) in [5.41, 5.74) is 5.44. The van der Waals surface area contributed by atoms with Gasteiger partial charge in [-0.1, -0.05) is 64.1 Å². The van der Waals surface area contributed by atoms with Gasteiger partial charge in [-0.15, -0.1) is 0 Å². The van der Waals surface area contributed by atoms with Crippen LogP contribution in [0.3, 0.4) is 0 Å². The number of hydrogen-bond acceptors (Lipinski definition) is 6. The molecule has 0 heterocycles. The Morgan fingerprint density at radius 3 is 1.63 bits per heavy atom. The topological polar surface area (TPSA) is 88.3 Å². The fraction of sp³-hybridized carbons (Fsp3) is 0.276. The predicted octanol–water partition coefficient (Wildman–Crippen LogP) is 6.63. The molecule has 0 atom stereocenters. The van der Waals surface area contributed by atoms with Gasteiger partial charge in [-0.25, -0.2) is 14.4 Å². The van der Waals surface area contributed by atoms with E-state index in [-0.39, 0.29) is 10.8 Å². The lowest BCUT2D eigenvalue weighted by molar-refractivity contribution is 0.516. The Bertz CT molecular complexity index is 1340. The average molecular weight is 466 g/mol. The molecular weight excluding hydrogens is 438 g/mol. The van der Waals surface area contributed by atoms with Crippen molar-refractivity contribution in [3.05, 3.63) is 89.0 Å². The normalized spacial score (nSPS) is 11.1. The zero-order chi connectivity index (χ0) is 25.5. The van der Waals surface area contributed by atoms with Gasteiger partial charge in [0.25, 0.3) is 0 Å². The maximum absolute atomic E-state index is 11.2. The smallest absolute Gasteiger partial charge is 0.211 e. The van der Waals surface area contributed by atoms with Gasteiger partial charge in [0, 0.05) is 0 Å². The molecule has 0 aliphatic carbocycles. The van der Waals surface area contributed by atoms with E-state index in [0.717, 1.165) is 28.7 Å². The van der Waals surface area contributed by atoms with Crippen LogP contribution in [0, 0.1) is 0 Å². The Morgan fingerprint density at radius 1 is 0.600 bits per heavy atom. The number of aliphatic imine (C=N–C) groups is 3. The van der Waals surface area contributed by atoms with Gasteiger partial charge < -0.3 is 0 Å². The minimum atomic E-state index is -0.251. The van der Waals surface area contributed by atoms with Crippen LogP contribution in [-0.2, 0) is 38.1 Å². The van der Waals surface area contributed by atoms with Crippen molar-refractivity contribution in [1.82, 2.24) is 0 Å². The summed E-state index contributed by atoms with van der Waals surface area (Å²) in [7, 11) is 0. The van der Waals surface area contributed by atoms with Crippen molar-refractivity contribution in [1.29, 1.82) is 0 Å². The molecule has 3 rings (SSSR count). The Balaban J connectivity index is 1.87. The van der Waals surface area contributed by atoms with E-state index in [9.17, 15) is 14.4 Å². The third kappa shape index (κ3) is 6.44. The second kappa shape index (κ2) is 10.8. The monoisotopic (exact) mass is 465 g/mol. The summed E-state index contributed by atoms with van der Waals surface area (Å²) in [6, 6.07) is 21.0. The molecule has 6 heteroatoms. The Kier molecular flexibility index (Phi) is 7.86. The molecule has 6 nitrogen and oxygen atoms in total. The fourth-order valence-electron chi connectivity index (χ4n) is 4.26. The first-order chi connectivity index (χ1) is 16.7. The molecule has 0 radical (unpaired) electrons. The largest absolute Gasteiger partial charge is 0.240 e. The van der Waals surface area contributed by atoms with E-state index in [2.05, 4.69) is 48.7 Å². The number of hydrogen-bond donors (Lipinski definition) is 0. The standard InChI is InChI=1S/C29H27N3O3/c1-28(2,16-21-5-11-25(12-6-21)30-18-33)24-8-7-22(27(15-24)32-20-35)17-29(3,4)23-9-13-26(14-10-23)31-19-34/h5-15H,16-17H2,1-4H3. The molecule has 3 aromatic rings. The second-order valence-electron chi connectivity index (χ2n) is 9.79. The van der Waals surface area contributed by atoms with Gasteiger partial charge in [-0.3, -0.25) is 0 Å². The van der Waals surface area contributed by atoms with Gasteiger partial charge in [0.2, 0.25) is 18.2 Å². The minimum Gasteiger partial charge on any atom is -0.211 e. The molecule has 0 fully saturated rings. The van der Waals surface area contributed by atoms with Crippen LogP contribution in [0.25, 0.3) is 0 Å². The molecule has 35 heavy (non-hydrogen) atoms. The lowest BCUT2D eigenvalue weighted by Gasteiger charge is -2.28. The zero-order valence-corrected chi connectivity index (χ0v) is 20.3. The predicted molar refractivity (Wildman–Crippen MR) is 136 cm³/mol. The Labute approximate surface area is 205 Å². The Morgan fingerprint density at radius 2 is 1.09 bits per heavy atom. The van der Waals surface area contributed by atoms with E-state index in [1.165, 1.54) is 0 Å². The summed E-state index contributed by atoms with van der Waals surface area (Å²) in [5.74, 6) is 0. The van der Waals surface area contributed by atoms with Gasteiger partial charge in [0.1, 0.15) is 0 Å². The van der Waals surface area contributed by atoms with Gasteiger partial charge >= 0.3 is 0 Å². The third-order valence-electron chi connectivity index (χ3n) is 6.25. The summed E-state index contributed by atoms with van der Waals surface area (Å²) in [5, 5.41) is 0. The van der Waals surface area contributed by atoms with Crippen molar-refractivity contribution < 1.29 is 14.4 Å². The average Bonchev–Trinajstić information content (AvgIpc) is 2.82. The molecule has 0 spiro atoms. The number of isocyanates is 3. The summed E-state index contributed by atoms with van der Waals surface area (Å²) in [4.78, 5) is 43.5. The SMILES string of the molecule is CC(C)(Cc1ccc(N=C=O)cc1)c1ccc(CC(C)(C)c2ccc(N=C=O)cc2)c(N=C=O)c1. The molecule has 3 aromatic carbocycles. The summed E-state index contributed by atoms with van der Waals surface area (Å²) < 4.78 is 0. The molecule has 176 valence electrons. The van der Waals surface area contributed by atoms with Crippen LogP contribution in [0.4, 0.5) is 17.1 Å². The van der Waals surface area contributed by atoms with E-state index >= 15 is 0 Å². The van der Waals surface area contributed by atoms with Crippen molar-refractivity contribution in [2.45, 2.75) is 51.4 Å².